The van der Waals surface area contributed by atoms with Gasteiger partial charge in [0, 0.05) is 23.6 Å². The zero-order chi connectivity index (χ0) is 15.2. The molecule has 2 amide bonds. The highest BCUT2D eigenvalue weighted by molar-refractivity contribution is 5.96. The lowest BCUT2D eigenvalue weighted by Crippen LogP contribution is -2.44. The van der Waals surface area contributed by atoms with Crippen LogP contribution in [0.2, 0.25) is 0 Å². The summed E-state index contributed by atoms with van der Waals surface area (Å²) in [5.74, 6) is -0.989. The van der Waals surface area contributed by atoms with Crippen molar-refractivity contribution in [3.8, 4) is 0 Å². The van der Waals surface area contributed by atoms with Crippen molar-refractivity contribution in [3.05, 3.63) is 52.1 Å². The second kappa shape index (κ2) is 6.65. The Morgan fingerprint density at radius 3 is 2.71 bits per heavy atom. The van der Waals surface area contributed by atoms with Gasteiger partial charge in [-0.15, -0.1) is 0 Å². The SMILES string of the molecule is O=C(NNC(=O)[C@@H]1CC=CCC1)c1cccc([N+](=O)[O-])c1. The van der Waals surface area contributed by atoms with Crippen molar-refractivity contribution < 1.29 is 14.5 Å². The van der Waals surface area contributed by atoms with Gasteiger partial charge in [-0.3, -0.25) is 30.6 Å². The van der Waals surface area contributed by atoms with Crippen LogP contribution in [-0.4, -0.2) is 16.7 Å². The number of nitro groups is 1. The standard InChI is InChI=1S/C14H15N3O4/c18-13(10-5-2-1-3-6-10)15-16-14(19)11-7-4-8-12(9-11)17(20)21/h1-2,4,7-10H,3,5-6H2,(H,15,18)(H,16,19)/t10-/m1/s1. The van der Waals surface area contributed by atoms with E-state index in [-0.39, 0.29) is 23.1 Å². The van der Waals surface area contributed by atoms with Crippen molar-refractivity contribution in [1.82, 2.24) is 10.9 Å². The number of carbonyl (C=O) groups excluding carboxylic acids is 2. The molecule has 1 aromatic rings. The molecule has 7 heteroatoms. The van der Waals surface area contributed by atoms with Crippen molar-refractivity contribution in [2.45, 2.75) is 19.3 Å². The number of hydrogen-bond acceptors (Lipinski definition) is 4. The lowest BCUT2D eigenvalue weighted by molar-refractivity contribution is -0.384. The Morgan fingerprint density at radius 2 is 2.05 bits per heavy atom. The molecule has 110 valence electrons. The minimum atomic E-state index is -0.585. The molecule has 0 unspecified atom stereocenters. The maximum Gasteiger partial charge on any atom is 0.270 e. The molecule has 0 heterocycles. The van der Waals surface area contributed by atoms with Gasteiger partial charge in [-0.1, -0.05) is 18.2 Å². The van der Waals surface area contributed by atoms with Gasteiger partial charge in [0.1, 0.15) is 0 Å². The first kappa shape index (κ1) is 14.7. The minimum Gasteiger partial charge on any atom is -0.273 e. The summed E-state index contributed by atoms with van der Waals surface area (Å²) in [6.45, 7) is 0. The number of amides is 2. The number of nitro benzene ring substituents is 1. The van der Waals surface area contributed by atoms with Gasteiger partial charge in [-0.25, -0.2) is 0 Å². The smallest absolute Gasteiger partial charge is 0.270 e. The van der Waals surface area contributed by atoms with E-state index in [9.17, 15) is 19.7 Å². The van der Waals surface area contributed by atoms with Crippen LogP contribution in [0.25, 0.3) is 0 Å². The fourth-order valence-electron chi connectivity index (χ4n) is 2.09. The summed E-state index contributed by atoms with van der Waals surface area (Å²) >= 11 is 0. The Hall–Kier alpha value is -2.70. The van der Waals surface area contributed by atoms with Crippen LogP contribution >= 0.6 is 0 Å². The molecule has 0 bridgehead atoms. The van der Waals surface area contributed by atoms with Crippen LogP contribution in [0.1, 0.15) is 29.6 Å². The van der Waals surface area contributed by atoms with Crippen molar-refractivity contribution in [3.63, 3.8) is 0 Å². The predicted molar refractivity (Wildman–Crippen MR) is 75.2 cm³/mol. The average molecular weight is 289 g/mol. The molecule has 1 atom stereocenters. The highest BCUT2D eigenvalue weighted by Gasteiger charge is 2.19. The Morgan fingerprint density at radius 1 is 1.24 bits per heavy atom. The van der Waals surface area contributed by atoms with Gasteiger partial charge in [-0.05, 0) is 25.3 Å². The highest BCUT2D eigenvalue weighted by Crippen LogP contribution is 2.17. The fraction of sp³-hybridized carbons (Fsp3) is 0.286. The van der Waals surface area contributed by atoms with E-state index in [0.717, 1.165) is 18.9 Å². The van der Waals surface area contributed by atoms with Gasteiger partial charge in [0.25, 0.3) is 11.6 Å². The quantitative estimate of drug-likeness (QED) is 0.502. The zero-order valence-electron chi connectivity index (χ0n) is 11.2. The van der Waals surface area contributed by atoms with Crippen LogP contribution < -0.4 is 10.9 Å². The van der Waals surface area contributed by atoms with Crippen LogP contribution in [0.4, 0.5) is 5.69 Å². The Bertz CT molecular complexity index is 598. The second-order valence-corrected chi connectivity index (χ2v) is 4.73. The summed E-state index contributed by atoms with van der Waals surface area (Å²) in [7, 11) is 0. The van der Waals surface area contributed by atoms with Crippen molar-refractivity contribution >= 4 is 17.5 Å². The first-order valence-electron chi connectivity index (χ1n) is 6.57. The molecular weight excluding hydrogens is 274 g/mol. The summed E-state index contributed by atoms with van der Waals surface area (Å²) in [6.07, 6.45) is 6.20. The van der Waals surface area contributed by atoms with E-state index in [1.807, 2.05) is 12.2 Å². The Balaban J connectivity index is 1.92. The van der Waals surface area contributed by atoms with E-state index in [2.05, 4.69) is 10.9 Å². The minimum absolute atomic E-state index is 0.119. The van der Waals surface area contributed by atoms with Crippen molar-refractivity contribution in [1.29, 1.82) is 0 Å². The molecule has 0 aromatic heterocycles. The van der Waals surface area contributed by atoms with Gasteiger partial charge < -0.3 is 0 Å². The Kier molecular flexibility index (Phi) is 4.65. The van der Waals surface area contributed by atoms with Crippen LogP contribution in [0.15, 0.2) is 36.4 Å². The molecular formula is C14H15N3O4. The van der Waals surface area contributed by atoms with Crippen LogP contribution in [0.5, 0.6) is 0 Å². The van der Waals surface area contributed by atoms with E-state index < -0.39 is 10.8 Å². The third-order valence-electron chi connectivity index (χ3n) is 3.26. The van der Waals surface area contributed by atoms with Gasteiger partial charge in [0.2, 0.25) is 5.91 Å². The summed E-state index contributed by atoms with van der Waals surface area (Å²) in [6, 6.07) is 5.31. The number of hydrogen-bond donors (Lipinski definition) is 2. The number of nitrogens with zero attached hydrogens (tertiary/aromatic N) is 1. The van der Waals surface area contributed by atoms with E-state index in [4.69, 9.17) is 0 Å². The lowest BCUT2D eigenvalue weighted by Gasteiger charge is -2.17. The van der Waals surface area contributed by atoms with Crippen LogP contribution in [0.3, 0.4) is 0 Å². The molecule has 1 aliphatic rings. The summed E-state index contributed by atoms with van der Waals surface area (Å²) < 4.78 is 0. The molecule has 0 saturated carbocycles. The molecule has 0 fully saturated rings. The highest BCUT2D eigenvalue weighted by atomic mass is 16.6. The number of allylic oxidation sites excluding steroid dienone is 2. The molecule has 1 aliphatic carbocycles. The number of carbonyl (C=O) groups is 2. The third kappa shape index (κ3) is 3.88. The number of nitrogens with one attached hydrogen (secondary N) is 2. The van der Waals surface area contributed by atoms with Crippen molar-refractivity contribution in [2.24, 2.45) is 5.92 Å². The number of benzene rings is 1. The van der Waals surface area contributed by atoms with Gasteiger partial charge in [-0.2, -0.15) is 0 Å². The molecule has 0 radical (unpaired) electrons. The monoisotopic (exact) mass is 289 g/mol. The van der Waals surface area contributed by atoms with E-state index in [1.54, 1.807) is 0 Å². The third-order valence-corrected chi connectivity index (χ3v) is 3.26. The predicted octanol–water partition coefficient (Wildman–Crippen LogP) is 1.71. The molecule has 0 aliphatic heterocycles. The maximum absolute atomic E-state index is 11.8. The summed E-state index contributed by atoms with van der Waals surface area (Å²) in [5.41, 5.74) is 4.58. The maximum atomic E-state index is 11.8. The van der Waals surface area contributed by atoms with Gasteiger partial charge in [0.05, 0.1) is 4.92 Å². The first-order valence-corrected chi connectivity index (χ1v) is 6.57. The lowest BCUT2D eigenvalue weighted by atomic mass is 9.94. The molecule has 0 saturated heterocycles. The molecule has 0 spiro atoms. The van der Waals surface area contributed by atoms with E-state index >= 15 is 0 Å². The summed E-state index contributed by atoms with van der Waals surface area (Å²) in [5, 5.41) is 10.6. The topological polar surface area (TPSA) is 101 Å². The normalized spacial score (nSPS) is 17.0. The van der Waals surface area contributed by atoms with Gasteiger partial charge in [0.15, 0.2) is 0 Å². The molecule has 2 N–H and O–H groups in total. The average Bonchev–Trinajstić information content (AvgIpc) is 2.53. The Labute approximate surface area is 121 Å². The van der Waals surface area contributed by atoms with E-state index in [1.165, 1.54) is 18.2 Å². The number of hydrazine groups is 1. The van der Waals surface area contributed by atoms with Crippen LogP contribution in [0, 0.1) is 16.0 Å². The van der Waals surface area contributed by atoms with Crippen LogP contribution in [-0.2, 0) is 4.79 Å². The first-order chi connectivity index (χ1) is 10.1. The molecule has 2 rings (SSSR count). The second-order valence-electron chi connectivity index (χ2n) is 4.73. The van der Waals surface area contributed by atoms with Crippen molar-refractivity contribution in [2.75, 3.05) is 0 Å². The van der Waals surface area contributed by atoms with Gasteiger partial charge >= 0.3 is 0 Å². The molecule has 1 aromatic carbocycles. The van der Waals surface area contributed by atoms with E-state index in [0.29, 0.717) is 6.42 Å². The fourth-order valence-corrected chi connectivity index (χ4v) is 2.09. The summed E-state index contributed by atoms with van der Waals surface area (Å²) in [4.78, 5) is 33.8. The molecule has 21 heavy (non-hydrogen) atoms. The number of non-ortho nitro benzene ring substituents is 1. The molecule has 7 nitrogen and oxygen atoms in total. The number of rotatable bonds is 3. The zero-order valence-corrected chi connectivity index (χ0v) is 11.2. The largest absolute Gasteiger partial charge is 0.273 e.